The molecule has 2 aromatic carbocycles. The standard InChI is InChI=1S/C28H31F7N2O2/c1-16(19-12-20(27(30,31)32)14-21(13-19)28(33,34)35)39-24-10-7-18(25(24)17-5-8-22(29)9-6-17)15-37-11-3-4-23(37)26(38)36-2/h5-6,8-9,12-14,16,18,23-25H,3-4,7,10-11,15H2,1-2H3,(H,36,38)/t16-,18+,23-,24+,25+/m1/s1. The highest BCUT2D eigenvalue weighted by Crippen LogP contribution is 2.45. The molecule has 11 heteroatoms. The second-order valence-electron chi connectivity index (χ2n) is 10.3. The summed E-state index contributed by atoms with van der Waals surface area (Å²) in [5.74, 6) is -0.797. The van der Waals surface area contributed by atoms with Gasteiger partial charge in [-0.2, -0.15) is 26.3 Å². The number of nitrogens with one attached hydrogen (secondary N) is 1. The van der Waals surface area contributed by atoms with Crippen LogP contribution in [0.3, 0.4) is 0 Å². The van der Waals surface area contributed by atoms with Gasteiger partial charge in [-0.1, -0.05) is 12.1 Å². The van der Waals surface area contributed by atoms with Gasteiger partial charge in [-0.15, -0.1) is 0 Å². The molecule has 1 saturated heterocycles. The SMILES string of the molecule is CNC(=O)[C@H]1CCCN1C[C@@H]1CC[C@H](O[C@H](C)c2cc(C(F)(F)F)cc(C(F)(F)F)c2)[C@H]1c1ccc(F)cc1. The summed E-state index contributed by atoms with van der Waals surface area (Å²) in [5, 5.41) is 2.69. The topological polar surface area (TPSA) is 41.6 Å². The molecule has 1 amide bonds. The first kappa shape index (κ1) is 29.3. The van der Waals surface area contributed by atoms with Crippen molar-refractivity contribution in [2.45, 2.75) is 69.1 Å². The molecule has 0 aromatic heterocycles. The summed E-state index contributed by atoms with van der Waals surface area (Å²) < 4.78 is 100. The molecule has 39 heavy (non-hydrogen) atoms. The van der Waals surface area contributed by atoms with Crippen molar-refractivity contribution in [3.63, 3.8) is 0 Å². The van der Waals surface area contributed by atoms with Crippen molar-refractivity contribution in [2.24, 2.45) is 5.92 Å². The highest BCUT2D eigenvalue weighted by atomic mass is 19.4. The molecule has 2 fully saturated rings. The Hall–Kier alpha value is -2.66. The van der Waals surface area contributed by atoms with Gasteiger partial charge in [0, 0.05) is 19.5 Å². The molecular weight excluding hydrogens is 529 g/mol. The molecule has 214 valence electrons. The van der Waals surface area contributed by atoms with Gasteiger partial charge in [0.1, 0.15) is 5.82 Å². The molecule has 1 aliphatic heterocycles. The van der Waals surface area contributed by atoms with Crippen molar-refractivity contribution in [3.05, 3.63) is 70.5 Å². The van der Waals surface area contributed by atoms with E-state index in [-0.39, 0.29) is 35.4 Å². The smallest absolute Gasteiger partial charge is 0.370 e. The maximum atomic E-state index is 13.7. The van der Waals surface area contributed by atoms with Crippen molar-refractivity contribution < 1.29 is 40.3 Å². The van der Waals surface area contributed by atoms with E-state index < -0.39 is 41.5 Å². The molecule has 5 atom stereocenters. The summed E-state index contributed by atoms with van der Waals surface area (Å²) in [6, 6.07) is 7.11. The molecule has 0 spiro atoms. The van der Waals surface area contributed by atoms with Gasteiger partial charge in [-0.3, -0.25) is 9.69 Å². The fourth-order valence-electron chi connectivity index (χ4n) is 5.93. The predicted octanol–water partition coefficient (Wildman–Crippen LogP) is 6.71. The first-order valence-electron chi connectivity index (χ1n) is 12.9. The highest BCUT2D eigenvalue weighted by molar-refractivity contribution is 5.81. The molecule has 0 radical (unpaired) electrons. The number of likely N-dealkylation sites (tertiary alicyclic amines) is 1. The van der Waals surface area contributed by atoms with Crippen LogP contribution >= 0.6 is 0 Å². The lowest BCUT2D eigenvalue weighted by atomic mass is 9.86. The molecule has 2 aliphatic rings. The van der Waals surface area contributed by atoms with E-state index in [2.05, 4.69) is 10.2 Å². The summed E-state index contributed by atoms with van der Waals surface area (Å²) in [6.45, 7) is 2.74. The lowest BCUT2D eigenvalue weighted by molar-refractivity contribution is -0.143. The maximum absolute atomic E-state index is 13.7. The zero-order chi connectivity index (χ0) is 28.5. The van der Waals surface area contributed by atoms with Crippen LogP contribution in [0.5, 0.6) is 0 Å². The summed E-state index contributed by atoms with van der Waals surface area (Å²) >= 11 is 0. The summed E-state index contributed by atoms with van der Waals surface area (Å²) in [6.07, 6.45) is -8.73. The quantitative estimate of drug-likeness (QED) is 0.383. The van der Waals surface area contributed by atoms with Crippen LogP contribution in [0, 0.1) is 11.7 Å². The summed E-state index contributed by atoms with van der Waals surface area (Å²) in [7, 11) is 1.58. The molecular formula is C28H31F7N2O2. The molecule has 1 aliphatic carbocycles. The van der Waals surface area contributed by atoms with Crippen LogP contribution in [0.4, 0.5) is 30.7 Å². The zero-order valence-corrected chi connectivity index (χ0v) is 21.6. The van der Waals surface area contributed by atoms with Gasteiger partial charge in [0.2, 0.25) is 5.91 Å². The Morgan fingerprint density at radius 3 is 2.18 bits per heavy atom. The first-order valence-corrected chi connectivity index (χ1v) is 12.9. The van der Waals surface area contributed by atoms with Crippen molar-refractivity contribution >= 4 is 5.91 Å². The highest BCUT2D eigenvalue weighted by Gasteiger charge is 2.43. The van der Waals surface area contributed by atoms with E-state index in [1.165, 1.54) is 19.1 Å². The molecule has 0 bridgehead atoms. The second kappa shape index (κ2) is 11.4. The Morgan fingerprint density at radius 2 is 1.62 bits per heavy atom. The number of carbonyl (C=O) groups is 1. The Morgan fingerprint density at radius 1 is 1.00 bits per heavy atom. The van der Waals surface area contributed by atoms with E-state index >= 15 is 0 Å². The Balaban J connectivity index is 1.61. The van der Waals surface area contributed by atoms with Gasteiger partial charge in [-0.05, 0) is 86.5 Å². The van der Waals surface area contributed by atoms with Crippen molar-refractivity contribution in [2.75, 3.05) is 20.1 Å². The number of amides is 1. The van der Waals surface area contributed by atoms with Crippen LogP contribution in [-0.2, 0) is 21.9 Å². The number of carbonyl (C=O) groups excluding carboxylic acids is 1. The molecule has 4 rings (SSSR count). The van der Waals surface area contributed by atoms with Crippen LogP contribution in [0.25, 0.3) is 0 Å². The number of rotatable bonds is 7. The minimum Gasteiger partial charge on any atom is -0.370 e. The normalized spacial score (nSPS) is 25.2. The molecule has 1 saturated carbocycles. The third-order valence-corrected chi connectivity index (χ3v) is 7.83. The van der Waals surface area contributed by atoms with E-state index in [1.807, 2.05) is 0 Å². The molecule has 0 unspecified atom stereocenters. The molecule has 2 aromatic rings. The van der Waals surface area contributed by atoms with Gasteiger partial charge in [0.05, 0.1) is 29.4 Å². The van der Waals surface area contributed by atoms with Crippen LogP contribution in [-0.4, -0.2) is 43.1 Å². The minimum absolute atomic E-state index is 0.00911. The molecule has 4 nitrogen and oxygen atoms in total. The Bertz CT molecular complexity index is 1120. The van der Waals surface area contributed by atoms with Gasteiger partial charge in [-0.25, -0.2) is 4.39 Å². The number of halogens is 7. The number of likely N-dealkylation sites (N-methyl/N-ethyl adjacent to an activating group) is 1. The zero-order valence-electron chi connectivity index (χ0n) is 21.6. The van der Waals surface area contributed by atoms with Gasteiger partial charge < -0.3 is 10.1 Å². The van der Waals surface area contributed by atoms with E-state index in [9.17, 15) is 35.5 Å². The minimum atomic E-state index is -4.96. The van der Waals surface area contributed by atoms with Crippen LogP contribution < -0.4 is 5.32 Å². The summed E-state index contributed by atoms with van der Waals surface area (Å²) in [5.41, 5.74) is -2.24. The van der Waals surface area contributed by atoms with E-state index in [0.717, 1.165) is 24.9 Å². The third kappa shape index (κ3) is 6.74. The van der Waals surface area contributed by atoms with Crippen LogP contribution in [0.2, 0.25) is 0 Å². The van der Waals surface area contributed by atoms with Gasteiger partial charge in [0.25, 0.3) is 0 Å². The Labute approximate surface area is 222 Å². The van der Waals surface area contributed by atoms with Gasteiger partial charge in [0.15, 0.2) is 0 Å². The fraction of sp³-hybridized carbons (Fsp3) is 0.536. The van der Waals surface area contributed by atoms with Crippen molar-refractivity contribution in [3.8, 4) is 0 Å². The van der Waals surface area contributed by atoms with Crippen LogP contribution in [0.1, 0.15) is 66.9 Å². The maximum Gasteiger partial charge on any atom is 0.416 e. The van der Waals surface area contributed by atoms with Crippen molar-refractivity contribution in [1.82, 2.24) is 10.2 Å². The van der Waals surface area contributed by atoms with E-state index in [1.54, 1.807) is 19.2 Å². The average molecular weight is 561 g/mol. The number of alkyl halides is 6. The Kier molecular flexibility index (Phi) is 8.61. The number of hydrogen-bond donors (Lipinski definition) is 1. The third-order valence-electron chi connectivity index (χ3n) is 7.83. The van der Waals surface area contributed by atoms with Crippen LogP contribution in [0.15, 0.2) is 42.5 Å². The van der Waals surface area contributed by atoms with E-state index in [4.69, 9.17) is 4.74 Å². The number of hydrogen-bond acceptors (Lipinski definition) is 3. The van der Waals surface area contributed by atoms with Crippen molar-refractivity contribution in [1.29, 1.82) is 0 Å². The van der Waals surface area contributed by atoms with Gasteiger partial charge >= 0.3 is 12.4 Å². The number of nitrogens with zero attached hydrogens (tertiary/aromatic N) is 1. The largest absolute Gasteiger partial charge is 0.416 e. The lowest BCUT2D eigenvalue weighted by Crippen LogP contribution is -2.44. The molecule has 1 N–H and O–H groups in total. The average Bonchev–Trinajstić information content (AvgIpc) is 3.50. The number of ether oxygens (including phenoxy) is 1. The number of benzene rings is 2. The summed E-state index contributed by atoms with van der Waals surface area (Å²) in [4.78, 5) is 14.5. The monoisotopic (exact) mass is 560 g/mol. The first-order chi connectivity index (χ1) is 18.3. The fourth-order valence-corrected chi connectivity index (χ4v) is 5.93. The lowest BCUT2D eigenvalue weighted by Gasteiger charge is -2.32. The predicted molar refractivity (Wildman–Crippen MR) is 130 cm³/mol. The second-order valence-corrected chi connectivity index (χ2v) is 10.3. The molecule has 1 heterocycles. The van der Waals surface area contributed by atoms with E-state index in [0.29, 0.717) is 31.5 Å².